The van der Waals surface area contributed by atoms with Gasteiger partial charge in [0.25, 0.3) is 5.91 Å². The maximum absolute atomic E-state index is 12.4. The standard InChI is InChI=1S/C20H21NO5S/c1-12(2)16(10-22)21-19(23)11-25-13-5-6-15-17(8-13)26-18(20(15)24)9-14-4-3-7-27-14/h3-9,12,16,22H,10-11H2,1-2H3,(H,21,23)/b18-9-/t16-/m1/s1. The Morgan fingerprint density at radius 3 is 2.85 bits per heavy atom. The number of carbonyl (C=O) groups excluding carboxylic acids is 2. The van der Waals surface area contributed by atoms with E-state index in [4.69, 9.17) is 9.47 Å². The summed E-state index contributed by atoms with van der Waals surface area (Å²) in [7, 11) is 0. The van der Waals surface area contributed by atoms with Crippen LogP contribution in [0.15, 0.2) is 41.5 Å². The van der Waals surface area contributed by atoms with E-state index in [9.17, 15) is 14.7 Å². The fourth-order valence-corrected chi connectivity index (χ4v) is 3.23. The van der Waals surface area contributed by atoms with Gasteiger partial charge in [0.05, 0.1) is 18.2 Å². The molecule has 1 amide bonds. The average molecular weight is 387 g/mol. The third-order valence-electron chi connectivity index (χ3n) is 4.18. The summed E-state index contributed by atoms with van der Waals surface area (Å²) in [6.45, 7) is 3.52. The van der Waals surface area contributed by atoms with Gasteiger partial charge >= 0.3 is 0 Å². The smallest absolute Gasteiger partial charge is 0.258 e. The van der Waals surface area contributed by atoms with Crippen LogP contribution in [0.4, 0.5) is 0 Å². The number of allylic oxidation sites excluding steroid dienone is 1. The summed E-state index contributed by atoms with van der Waals surface area (Å²) in [4.78, 5) is 25.3. The molecule has 142 valence electrons. The minimum absolute atomic E-state index is 0.118. The Morgan fingerprint density at radius 1 is 1.37 bits per heavy atom. The predicted octanol–water partition coefficient (Wildman–Crippen LogP) is 2.88. The lowest BCUT2D eigenvalue weighted by Gasteiger charge is -2.19. The molecule has 2 heterocycles. The molecule has 2 aromatic rings. The van der Waals surface area contributed by atoms with E-state index in [1.165, 1.54) is 11.3 Å². The van der Waals surface area contributed by atoms with E-state index in [1.807, 2.05) is 31.4 Å². The highest BCUT2D eigenvalue weighted by Gasteiger charge is 2.28. The van der Waals surface area contributed by atoms with E-state index in [-0.39, 0.29) is 42.6 Å². The van der Waals surface area contributed by atoms with Gasteiger partial charge in [0.2, 0.25) is 5.78 Å². The number of rotatable bonds is 7. The van der Waals surface area contributed by atoms with Crippen molar-refractivity contribution in [2.45, 2.75) is 19.9 Å². The number of benzene rings is 1. The summed E-state index contributed by atoms with van der Waals surface area (Å²) in [6.07, 6.45) is 1.71. The number of nitrogens with one attached hydrogen (secondary N) is 1. The molecule has 1 aliphatic heterocycles. The molecule has 1 atom stereocenters. The van der Waals surface area contributed by atoms with Crippen molar-refractivity contribution >= 4 is 29.1 Å². The van der Waals surface area contributed by atoms with Crippen LogP contribution in [0.25, 0.3) is 6.08 Å². The maximum Gasteiger partial charge on any atom is 0.258 e. The van der Waals surface area contributed by atoms with Gasteiger partial charge in [-0.15, -0.1) is 11.3 Å². The van der Waals surface area contributed by atoms with Gasteiger partial charge in [-0.25, -0.2) is 0 Å². The van der Waals surface area contributed by atoms with Crippen LogP contribution in [0.2, 0.25) is 0 Å². The first kappa shape index (κ1) is 19.1. The van der Waals surface area contributed by atoms with Crippen LogP contribution >= 0.6 is 11.3 Å². The molecular weight excluding hydrogens is 366 g/mol. The normalized spacial score (nSPS) is 15.6. The van der Waals surface area contributed by atoms with Gasteiger partial charge in [-0.3, -0.25) is 9.59 Å². The molecule has 0 fully saturated rings. The van der Waals surface area contributed by atoms with Crippen LogP contribution in [-0.2, 0) is 4.79 Å². The van der Waals surface area contributed by atoms with E-state index in [0.29, 0.717) is 17.1 Å². The fraction of sp³-hybridized carbons (Fsp3) is 0.300. The summed E-state index contributed by atoms with van der Waals surface area (Å²) in [5, 5.41) is 13.9. The number of thiophene rings is 1. The molecule has 3 rings (SSSR count). The lowest BCUT2D eigenvalue weighted by atomic mass is 10.1. The predicted molar refractivity (Wildman–Crippen MR) is 103 cm³/mol. The number of aliphatic hydroxyl groups is 1. The molecule has 27 heavy (non-hydrogen) atoms. The van der Waals surface area contributed by atoms with E-state index >= 15 is 0 Å². The SMILES string of the molecule is CC(C)[C@@H](CO)NC(=O)COc1ccc2c(c1)O/C(=C\c1cccs1)C2=O. The van der Waals surface area contributed by atoms with Gasteiger partial charge in [0.1, 0.15) is 11.5 Å². The first-order chi connectivity index (χ1) is 13.0. The highest BCUT2D eigenvalue weighted by atomic mass is 32.1. The minimum atomic E-state index is -0.321. The molecule has 1 aromatic carbocycles. The van der Waals surface area contributed by atoms with Crippen molar-refractivity contribution in [3.05, 3.63) is 51.9 Å². The zero-order valence-electron chi connectivity index (χ0n) is 15.1. The second kappa shape index (κ2) is 8.37. The van der Waals surface area contributed by atoms with Crippen LogP contribution in [0.3, 0.4) is 0 Å². The Bertz CT molecular complexity index is 857. The number of hydrogen-bond acceptors (Lipinski definition) is 6. The van der Waals surface area contributed by atoms with Crippen LogP contribution < -0.4 is 14.8 Å². The molecule has 1 aliphatic rings. The van der Waals surface area contributed by atoms with Crippen LogP contribution in [-0.4, -0.2) is 36.1 Å². The summed E-state index contributed by atoms with van der Waals surface area (Å²) >= 11 is 1.52. The molecule has 0 spiro atoms. The average Bonchev–Trinajstić information content (AvgIpc) is 3.26. The summed E-state index contributed by atoms with van der Waals surface area (Å²) in [5.74, 6) is 0.733. The molecule has 0 aliphatic carbocycles. The number of ketones is 1. The summed E-state index contributed by atoms with van der Waals surface area (Å²) in [5.41, 5.74) is 0.467. The Morgan fingerprint density at radius 2 is 2.19 bits per heavy atom. The molecule has 0 saturated carbocycles. The van der Waals surface area contributed by atoms with Gasteiger partial charge in [0, 0.05) is 17.0 Å². The first-order valence-corrected chi connectivity index (χ1v) is 9.50. The topological polar surface area (TPSA) is 84.9 Å². The third-order valence-corrected chi connectivity index (χ3v) is 5.00. The second-order valence-corrected chi connectivity index (χ2v) is 7.48. The number of hydrogen-bond donors (Lipinski definition) is 2. The van der Waals surface area contributed by atoms with Crippen molar-refractivity contribution < 1.29 is 24.2 Å². The zero-order chi connectivity index (χ0) is 19.4. The van der Waals surface area contributed by atoms with Crippen LogP contribution in [0.1, 0.15) is 29.1 Å². The molecule has 2 N–H and O–H groups in total. The molecular formula is C20H21NO5S. The van der Waals surface area contributed by atoms with E-state index in [1.54, 1.807) is 24.3 Å². The molecule has 7 heteroatoms. The number of Topliss-reactive ketones (excluding diaryl/α,β-unsaturated/α-hetero) is 1. The highest BCUT2D eigenvalue weighted by Crippen LogP contribution is 2.35. The minimum Gasteiger partial charge on any atom is -0.484 e. The highest BCUT2D eigenvalue weighted by molar-refractivity contribution is 7.10. The molecule has 0 bridgehead atoms. The van der Waals surface area contributed by atoms with E-state index in [2.05, 4.69) is 5.32 Å². The zero-order valence-corrected chi connectivity index (χ0v) is 15.9. The lowest BCUT2D eigenvalue weighted by Crippen LogP contribution is -2.43. The van der Waals surface area contributed by atoms with E-state index in [0.717, 1.165) is 4.88 Å². The van der Waals surface area contributed by atoms with Crippen molar-refractivity contribution in [3.8, 4) is 11.5 Å². The van der Waals surface area contributed by atoms with E-state index < -0.39 is 0 Å². The number of amides is 1. The largest absolute Gasteiger partial charge is 0.484 e. The molecule has 1 aromatic heterocycles. The number of aliphatic hydroxyl groups excluding tert-OH is 1. The summed E-state index contributed by atoms with van der Waals surface area (Å²) in [6, 6.07) is 8.36. The number of carbonyl (C=O) groups is 2. The molecule has 0 saturated heterocycles. The Hall–Kier alpha value is -2.64. The van der Waals surface area contributed by atoms with Crippen molar-refractivity contribution in [3.63, 3.8) is 0 Å². The van der Waals surface area contributed by atoms with Crippen molar-refractivity contribution in [2.24, 2.45) is 5.92 Å². The van der Waals surface area contributed by atoms with Crippen LogP contribution in [0, 0.1) is 5.92 Å². The first-order valence-electron chi connectivity index (χ1n) is 8.62. The quantitative estimate of drug-likeness (QED) is 0.714. The second-order valence-electron chi connectivity index (χ2n) is 6.50. The fourth-order valence-electron chi connectivity index (χ4n) is 2.58. The Labute approximate surface area is 161 Å². The Balaban J connectivity index is 1.63. The van der Waals surface area contributed by atoms with Crippen molar-refractivity contribution in [2.75, 3.05) is 13.2 Å². The molecule has 0 radical (unpaired) electrons. The van der Waals surface area contributed by atoms with Gasteiger partial charge in [-0.2, -0.15) is 0 Å². The van der Waals surface area contributed by atoms with Crippen molar-refractivity contribution in [1.29, 1.82) is 0 Å². The van der Waals surface area contributed by atoms with Crippen molar-refractivity contribution in [1.82, 2.24) is 5.32 Å². The molecule has 0 unspecified atom stereocenters. The number of ether oxygens (including phenoxy) is 2. The Kier molecular flexibility index (Phi) is 5.93. The lowest BCUT2D eigenvalue weighted by molar-refractivity contribution is -0.124. The van der Waals surface area contributed by atoms with Crippen LogP contribution in [0.5, 0.6) is 11.5 Å². The van der Waals surface area contributed by atoms with Gasteiger partial charge in [-0.05, 0) is 29.5 Å². The van der Waals surface area contributed by atoms with Gasteiger partial charge in [-0.1, -0.05) is 19.9 Å². The third kappa shape index (κ3) is 4.56. The maximum atomic E-state index is 12.4. The molecule has 6 nitrogen and oxygen atoms in total. The summed E-state index contributed by atoms with van der Waals surface area (Å²) < 4.78 is 11.2. The van der Waals surface area contributed by atoms with Gasteiger partial charge in [0.15, 0.2) is 12.4 Å². The number of fused-ring (bicyclic) bond motifs is 1. The monoisotopic (exact) mass is 387 g/mol. The van der Waals surface area contributed by atoms with Gasteiger partial charge < -0.3 is 19.9 Å².